The lowest BCUT2D eigenvalue weighted by Crippen LogP contribution is -2.19. The number of methoxy groups -OCH3 is 1. The number of thioether (sulfide) groups is 1. The molecule has 0 radical (unpaired) electrons. The Morgan fingerprint density at radius 2 is 2.00 bits per heavy atom. The standard InChI is InChI=1S/C18H15BrN2O3S/c1-10-3-5-13(6-4-10)20-18-21-17(23)15(25-18)8-11-7-12(19)9-14(24-2)16(11)22/h3-9,22H,1-2H3,(H,20,21,23)/b15-8+. The van der Waals surface area contributed by atoms with E-state index in [4.69, 9.17) is 4.74 Å². The van der Waals surface area contributed by atoms with Crippen LogP contribution in [0, 0.1) is 6.92 Å². The van der Waals surface area contributed by atoms with Gasteiger partial charge in [0.05, 0.1) is 17.7 Å². The number of hydrogen-bond acceptors (Lipinski definition) is 5. The van der Waals surface area contributed by atoms with Gasteiger partial charge in [-0.25, -0.2) is 4.99 Å². The molecule has 0 atom stereocenters. The van der Waals surface area contributed by atoms with E-state index in [-0.39, 0.29) is 11.7 Å². The second-order valence-electron chi connectivity index (χ2n) is 5.36. The summed E-state index contributed by atoms with van der Waals surface area (Å²) in [5, 5.41) is 13.5. The predicted molar refractivity (Wildman–Crippen MR) is 104 cm³/mol. The normalized spacial score (nSPS) is 17.2. The molecule has 0 saturated carbocycles. The lowest BCUT2D eigenvalue weighted by atomic mass is 10.1. The van der Waals surface area contributed by atoms with Gasteiger partial charge in [-0.3, -0.25) is 4.79 Å². The monoisotopic (exact) mass is 418 g/mol. The summed E-state index contributed by atoms with van der Waals surface area (Å²) in [6, 6.07) is 11.1. The van der Waals surface area contributed by atoms with E-state index in [9.17, 15) is 9.90 Å². The van der Waals surface area contributed by atoms with Gasteiger partial charge in [0.1, 0.15) is 0 Å². The first-order valence-corrected chi connectivity index (χ1v) is 9.00. The van der Waals surface area contributed by atoms with Crippen molar-refractivity contribution in [2.75, 3.05) is 7.11 Å². The fourth-order valence-electron chi connectivity index (χ4n) is 2.22. The summed E-state index contributed by atoms with van der Waals surface area (Å²) in [6.45, 7) is 2.00. The van der Waals surface area contributed by atoms with Crippen LogP contribution in [0.2, 0.25) is 0 Å². The number of hydrogen-bond donors (Lipinski definition) is 2. The number of carbonyl (C=O) groups is 1. The molecule has 2 N–H and O–H groups in total. The highest BCUT2D eigenvalue weighted by atomic mass is 79.9. The second kappa shape index (κ2) is 7.33. The minimum absolute atomic E-state index is 0.0180. The number of phenols is 1. The lowest BCUT2D eigenvalue weighted by Gasteiger charge is -2.07. The number of aromatic hydroxyl groups is 1. The first kappa shape index (κ1) is 17.6. The van der Waals surface area contributed by atoms with Crippen LogP contribution in [0.3, 0.4) is 0 Å². The number of halogens is 1. The molecule has 128 valence electrons. The van der Waals surface area contributed by atoms with Crippen molar-refractivity contribution < 1.29 is 14.6 Å². The highest BCUT2D eigenvalue weighted by molar-refractivity contribution is 9.10. The van der Waals surface area contributed by atoms with Gasteiger partial charge < -0.3 is 15.2 Å². The molecule has 0 aromatic heterocycles. The number of nitrogens with zero attached hydrogens (tertiary/aromatic N) is 1. The van der Waals surface area contributed by atoms with Crippen molar-refractivity contribution >= 4 is 50.5 Å². The van der Waals surface area contributed by atoms with E-state index in [0.29, 0.717) is 21.4 Å². The average Bonchev–Trinajstić information content (AvgIpc) is 2.92. The van der Waals surface area contributed by atoms with Gasteiger partial charge in [0.25, 0.3) is 5.91 Å². The van der Waals surface area contributed by atoms with Crippen LogP contribution in [0.4, 0.5) is 5.69 Å². The topological polar surface area (TPSA) is 70.9 Å². The second-order valence-corrected chi connectivity index (χ2v) is 7.31. The van der Waals surface area contributed by atoms with Crippen LogP contribution < -0.4 is 10.1 Å². The molecule has 2 aromatic rings. The van der Waals surface area contributed by atoms with E-state index in [2.05, 4.69) is 26.2 Å². The maximum Gasteiger partial charge on any atom is 0.264 e. The lowest BCUT2D eigenvalue weighted by molar-refractivity contribution is -0.115. The third-order valence-corrected chi connectivity index (χ3v) is 4.86. The Morgan fingerprint density at radius 1 is 1.28 bits per heavy atom. The number of aliphatic imine (C=N–C) groups is 1. The molecule has 1 fully saturated rings. The molecule has 1 amide bonds. The Hall–Kier alpha value is -2.25. The van der Waals surface area contributed by atoms with Crippen molar-refractivity contribution in [3.63, 3.8) is 0 Å². The van der Waals surface area contributed by atoms with Gasteiger partial charge in [0.15, 0.2) is 16.7 Å². The van der Waals surface area contributed by atoms with Crippen LogP contribution in [0.1, 0.15) is 11.1 Å². The summed E-state index contributed by atoms with van der Waals surface area (Å²) in [6.07, 6.45) is 1.61. The van der Waals surface area contributed by atoms with E-state index in [1.165, 1.54) is 18.9 Å². The van der Waals surface area contributed by atoms with Gasteiger partial charge >= 0.3 is 0 Å². The smallest absolute Gasteiger partial charge is 0.264 e. The van der Waals surface area contributed by atoms with E-state index in [0.717, 1.165) is 15.7 Å². The highest BCUT2D eigenvalue weighted by Gasteiger charge is 2.24. The van der Waals surface area contributed by atoms with Crippen LogP contribution in [0.25, 0.3) is 6.08 Å². The summed E-state index contributed by atoms with van der Waals surface area (Å²) in [5.41, 5.74) is 2.40. The summed E-state index contributed by atoms with van der Waals surface area (Å²) < 4.78 is 5.87. The number of benzene rings is 2. The molecule has 0 unspecified atom stereocenters. The fraction of sp³-hybridized carbons (Fsp3) is 0.111. The number of aryl methyl sites for hydroxylation is 1. The number of carbonyl (C=O) groups excluding carboxylic acids is 1. The van der Waals surface area contributed by atoms with Crippen molar-refractivity contribution in [1.82, 2.24) is 5.32 Å². The summed E-state index contributed by atoms with van der Waals surface area (Å²) in [7, 11) is 1.47. The highest BCUT2D eigenvalue weighted by Crippen LogP contribution is 2.37. The van der Waals surface area contributed by atoms with E-state index in [1.54, 1.807) is 18.2 Å². The molecule has 25 heavy (non-hydrogen) atoms. The molecule has 7 heteroatoms. The number of nitrogens with one attached hydrogen (secondary N) is 1. The van der Waals surface area contributed by atoms with Gasteiger partial charge in [0, 0.05) is 10.0 Å². The number of ether oxygens (including phenoxy) is 1. The van der Waals surface area contributed by atoms with Crippen LogP contribution in [0.15, 0.2) is 50.8 Å². The molecule has 0 spiro atoms. The predicted octanol–water partition coefficient (Wildman–Crippen LogP) is 4.36. The average molecular weight is 419 g/mol. The Labute approximate surface area is 157 Å². The zero-order valence-electron chi connectivity index (χ0n) is 13.5. The zero-order chi connectivity index (χ0) is 18.0. The maximum absolute atomic E-state index is 12.2. The minimum Gasteiger partial charge on any atom is -0.504 e. The first-order chi connectivity index (χ1) is 12.0. The van der Waals surface area contributed by atoms with Crippen LogP contribution in [-0.4, -0.2) is 23.3 Å². The summed E-state index contributed by atoms with van der Waals surface area (Å²) >= 11 is 4.59. The molecule has 1 saturated heterocycles. The van der Waals surface area contributed by atoms with Crippen LogP contribution >= 0.6 is 27.7 Å². The number of rotatable bonds is 3. The van der Waals surface area contributed by atoms with Crippen LogP contribution in [-0.2, 0) is 4.79 Å². The Balaban J connectivity index is 1.89. The molecule has 1 aliphatic heterocycles. The first-order valence-electron chi connectivity index (χ1n) is 7.39. The Morgan fingerprint density at radius 3 is 2.68 bits per heavy atom. The van der Waals surface area contributed by atoms with Crippen molar-refractivity contribution in [2.45, 2.75) is 6.92 Å². The van der Waals surface area contributed by atoms with Crippen molar-refractivity contribution in [1.29, 1.82) is 0 Å². The zero-order valence-corrected chi connectivity index (χ0v) is 15.9. The molecule has 0 bridgehead atoms. The van der Waals surface area contributed by atoms with E-state index < -0.39 is 0 Å². The largest absolute Gasteiger partial charge is 0.504 e. The third-order valence-electron chi connectivity index (χ3n) is 3.49. The van der Waals surface area contributed by atoms with Gasteiger partial charge in [-0.15, -0.1) is 0 Å². The van der Waals surface area contributed by atoms with E-state index >= 15 is 0 Å². The summed E-state index contributed by atoms with van der Waals surface area (Å²) in [5.74, 6) is 0.0582. The minimum atomic E-state index is -0.255. The van der Waals surface area contributed by atoms with Crippen molar-refractivity contribution in [3.8, 4) is 11.5 Å². The van der Waals surface area contributed by atoms with Gasteiger partial charge in [0.2, 0.25) is 0 Å². The summed E-state index contributed by atoms with van der Waals surface area (Å²) in [4.78, 5) is 17.0. The number of phenolic OH excluding ortho intramolecular Hbond substituents is 1. The molecular weight excluding hydrogens is 404 g/mol. The van der Waals surface area contributed by atoms with Crippen molar-refractivity contribution in [2.24, 2.45) is 4.99 Å². The fourth-order valence-corrected chi connectivity index (χ4v) is 3.51. The number of amides is 1. The molecule has 0 aliphatic carbocycles. The molecule has 2 aromatic carbocycles. The van der Waals surface area contributed by atoms with Gasteiger partial charge in [-0.2, -0.15) is 0 Å². The number of amidine groups is 1. The quantitative estimate of drug-likeness (QED) is 0.726. The van der Waals surface area contributed by atoms with Gasteiger partial charge in [-0.1, -0.05) is 33.6 Å². The molecule has 1 heterocycles. The Kier molecular flexibility index (Phi) is 5.15. The molecule has 5 nitrogen and oxygen atoms in total. The maximum atomic E-state index is 12.2. The Bertz CT molecular complexity index is 892. The van der Waals surface area contributed by atoms with E-state index in [1.807, 2.05) is 31.2 Å². The third kappa shape index (κ3) is 4.05. The molecule has 3 rings (SSSR count). The van der Waals surface area contributed by atoms with Crippen molar-refractivity contribution in [3.05, 3.63) is 56.9 Å². The van der Waals surface area contributed by atoms with Gasteiger partial charge in [-0.05, 0) is 49.0 Å². The molecule has 1 aliphatic rings. The molecular formula is C18H15BrN2O3S. The van der Waals surface area contributed by atoms with Crippen LogP contribution in [0.5, 0.6) is 11.5 Å². The SMILES string of the molecule is COc1cc(Br)cc(/C=C2/SC(=Nc3ccc(C)cc3)NC2=O)c1O.